The van der Waals surface area contributed by atoms with Gasteiger partial charge in [0.15, 0.2) is 0 Å². The number of nitrogens with zero attached hydrogens (tertiary/aromatic N) is 1. The van der Waals surface area contributed by atoms with Crippen molar-refractivity contribution >= 4 is 0 Å². The van der Waals surface area contributed by atoms with Gasteiger partial charge in [-0.3, -0.25) is 4.90 Å². The first-order valence-electron chi connectivity index (χ1n) is 6.82. The highest BCUT2D eigenvalue weighted by molar-refractivity contribution is 5.12. The fraction of sp³-hybridized carbons (Fsp3) is 0.714. The SMILES string of the molecule is CCc1ccc(C(CN)N2CC(C)OC(C)C2)o1. The standard InChI is InChI=1S/C14H24N2O2/c1-4-12-5-6-14(18-12)13(7-15)16-8-10(2)17-11(3)9-16/h5-6,10-11,13H,4,7-9,15H2,1-3H3. The Morgan fingerprint density at radius 2 is 2.00 bits per heavy atom. The Labute approximate surface area is 109 Å². The van der Waals surface area contributed by atoms with Crippen LogP contribution >= 0.6 is 0 Å². The summed E-state index contributed by atoms with van der Waals surface area (Å²) in [5.41, 5.74) is 5.93. The smallest absolute Gasteiger partial charge is 0.122 e. The van der Waals surface area contributed by atoms with Gasteiger partial charge in [0.25, 0.3) is 0 Å². The second-order valence-corrected chi connectivity index (χ2v) is 5.12. The zero-order chi connectivity index (χ0) is 13.1. The van der Waals surface area contributed by atoms with Gasteiger partial charge in [-0.1, -0.05) is 6.92 Å². The van der Waals surface area contributed by atoms with E-state index in [0.717, 1.165) is 31.0 Å². The number of hydrogen-bond acceptors (Lipinski definition) is 4. The van der Waals surface area contributed by atoms with Crippen LogP contribution in [0.3, 0.4) is 0 Å². The highest BCUT2D eigenvalue weighted by atomic mass is 16.5. The normalized spacial score (nSPS) is 27.3. The van der Waals surface area contributed by atoms with Crippen molar-refractivity contribution in [3.05, 3.63) is 23.7 Å². The molecule has 0 saturated carbocycles. The molecule has 1 fully saturated rings. The number of hydrogen-bond donors (Lipinski definition) is 1. The molecule has 18 heavy (non-hydrogen) atoms. The molecule has 0 bridgehead atoms. The molecule has 0 amide bonds. The molecule has 0 radical (unpaired) electrons. The molecule has 1 aromatic rings. The minimum atomic E-state index is 0.166. The number of rotatable bonds is 4. The van der Waals surface area contributed by atoms with E-state index in [2.05, 4.69) is 31.7 Å². The number of aryl methyl sites for hydroxylation is 1. The molecule has 0 aromatic carbocycles. The van der Waals surface area contributed by atoms with Crippen LogP contribution in [0.4, 0.5) is 0 Å². The fourth-order valence-corrected chi connectivity index (χ4v) is 2.68. The molecule has 4 heteroatoms. The quantitative estimate of drug-likeness (QED) is 0.890. The third-order valence-corrected chi connectivity index (χ3v) is 3.47. The van der Waals surface area contributed by atoms with Gasteiger partial charge in [-0.2, -0.15) is 0 Å². The number of nitrogens with two attached hydrogens (primary N) is 1. The van der Waals surface area contributed by atoms with Gasteiger partial charge in [-0.25, -0.2) is 0 Å². The first kappa shape index (κ1) is 13.6. The minimum absolute atomic E-state index is 0.166. The van der Waals surface area contributed by atoms with Gasteiger partial charge in [0.1, 0.15) is 11.5 Å². The number of furan rings is 1. The van der Waals surface area contributed by atoms with E-state index in [1.54, 1.807) is 0 Å². The number of ether oxygens (including phenoxy) is 1. The second kappa shape index (κ2) is 5.87. The summed E-state index contributed by atoms with van der Waals surface area (Å²) < 4.78 is 11.6. The predicted molar refractivity (Wildman–Crippen MR) is 71.5 cm³/mol. The molecule has 1 aliphatic heterocycles. The summed E-state index contributed by atoms with van der Waals surface area (Å²) in [6, 6.07) is 4.27. The summed E-state index contributed by atoms with van der Waals surface area (Å²) >= 11 is 0. The Morgan fingerprint density at radius 1 is 1.33 bits per heavy atom. The van der Waals surface area contributed by atoms with Crippen LogP contribution in [0.5, 0.6) is 0 Å². The van der Waals surface area contributed by atoms with Crippen LogP contribution < -0.4 is 5.73 Å². The van der Waals surface area contributed by atoms with Gasteiger partial charge in [0.05, 0.1) is 18.2 Å². The van der Waals surface area contributed by atoms with E-state index in [9.17, 15) is 0 Å². The van der Waals surface area contributed by atoms with E-state index in [0.29, 0.717) is 6.54 Å². The molecule has 0 spiro atoms. The van der Waals surface area contributed by atoms with E-state index in [1.807, 2.05) is 6.07 Å². The van der Waals surface area contributed by atoms with E-state index < -0.39 is 0 Å². The summed E-state index contributed by atoms with van der Waals surface area (Å²) in [6.07, 6.45) is 1.43. The van der Waals surface area contributed by atoms with Crippen molar-refractivity contribution in [2.24, 2.45) is 5.73 Å². The largest absolute Gasteiger partial charge is 0.464 e. The van der Waals surface area contributed by atoms with Crippen molar-refractivity contribution in [2.45, 2.75) is 45.4 Å². The Morgan fingerprint density at radius 3 is 2.50 bits per heavy atom. The third-order valence-electron chi connectivity index (χ3n) is 3.47. The maximum absolute atomic E-state index is 5.93. The van der Waals surface area contributed by atoms with Gasteiger partial charge in [0, 0.05) is 26.1 Å². The maximum atomic E-state index is 5.93. The summed E-state index contributed by atoms with van der Waals surface area (Å²) in [5, 5.41) is 0. The molecule has 1 saturated heterocycles. The third kappa shape index (κ3) is 2.94. The summed E-state index contributed by atoms with van der Waals surface area (Å²) in [5.74, 6) is 2.01. The van der Waals surface area contributed by atoms with Gasteiger partial charge in [0.2, 0.25) is 0 Å². The Hall–Kier alpha value is -0.840. The Balaban J connectivity index is 2.12. The lowest BCUT2D eigenvalue weighted by Gasteiger charge is -2.39. The zero-order valence-electron chi connectivity index (χ0n) is 11.6. The molecule has 3 atom stereocenters. The highest BCUT2D eigenvalue weighted by Gasteiger charge is 2.29. The molecule has 1 aromatic heterocycles. The van der Waals surface area contributed by atoms with Crippen LogP contribution in [0.25, 0.3) is 0 Å². The summed E-state index contributed by atoms with van der Waals surface area (Å²) in [4.78, 5) is 2.37. The molecule has 0 aliphatic carbocycles. The van der Waals surface area contributed by atoms with Crippen LogP contribution in [0.15, 0.2) is 16.5 Å². The molecular weight excluding hydrogens is 228 g/mol. The average Bonchev–Trinajstić information content (AvgIpc) is 2.77. The Kier molecular flexibility index (Phi) is 4.43. The lowest BCUT2D eigenvalue weighted by Crippen LogP contribution is -2.48. The van der Waals surface area contributed by atoms with Crippen LogP contribution in [-0.4, -0.2) is 36.7 Å². The second-order valence-electron chi connectivity index (χ2n) is 5.12. The van der Waals surface area contributed by atoms with Crippen LogP contribution in [-0.2, 0) is 11.2 Å². The fourth-order valence-electron chi connectivity index (χ4n) is 2.68. The molecule has 2 rings (SSSR count). The van der Waals surface area contributed by atoms with Crippen LogP contribution in [0.2, 0.25) is 0 Å². The van der Waals surface area contributed by atoms with Gasteiger partial charge in [-0.15, -0.1) is 0 Å². The highest BCUT2D eigenvalue weighted by Crippen LogP contribution is 2.25. The number of morpholine rings is 1. The molecule has 2 heterocycles. The van der Waals surface area contributed by atoms with Crippen LogP contribution in [0.1, 0.15) is 38.3 Å². The van der Waals surface area contributed by atoms with Crippen molar-refractivity contribution in [1.29, 1.82) is 0 Å². The topological polar surface area (TPSA) is 51.6 Å². The van der Waals surface area contributed by atoms with Crippen molar-refractivity contribution in [1.82, 2.24) is 4.90 Å². The van der Waals surface area contributed by atoms with Crippen LogP contribution in [0, 0.1) is 0 Å². The molecule has 2 N–H and O–H groups in total. The lowest BCUT2D eigenvalue weighted by atomic mass is 10.1. The Bertz CT molecular complexity index is 368. The van der Waals surface area contributed by atoms with Gasteiger partial charge < -0.3 is 14.9 Å². The minimum Gasteiger partial charge on any atom is -0.464 e. The van der Waals surface area contributed by atoms with Gasteiger partial charge in [-0.05, 0) is 26.0 Å². The molecule has 3 unspecified atom stereocenters. The summed E-state index contributed by atoms with van der Waals surface area (Å²) in [7, 11) is 0. The van der Waals surface area contributed by atoms with Crippen molar-refractivity contribution in [2.75, 3.05) is 19.6 Å². The predicted octanol–water partition coefficient (Wildman–Crippen LogP) is 1.95. The van der Waals surface area contributed by atoms with Crippen molar-refractivity contribution < 1.29 is 9.15 Å². The van der Waals surface area contributed by atoms with Crippen molar-refractivity contribution in [3.8, 4) is 0 Å². The monoisotopic (exact) mass is 252 g/mol. The zero-order valence-corrected chi connectivity index (χ0v) is 11.6. The van der Waals surface area contributed by atoms with Crippen molar-refractivity contribution in [3.63, 3.8) is 0 Å². The average molecular weight is 252 g/mol. The van der Waals surface area contributed by atoms with E-state index in [-0.39, 0.29) is 18.2 Å². The molecule has 1 aliphatic rings. The van der Waals surface area contributed by atoms with Gasteiger partial charge >= 0.3 is 0 Å². The van der Waals surface area contributed by atoms with E-state index >= 15 is 0 Å². The molecular formula is C14H24N2O2. The summed E-state index contributed by atoms with van der Waals surface area (Å²) in [6.45, 7) is 8.71. The first-order valence-corrected chi connectivity index (χ1v) is 6.82. The molecule has 4 nitrogen and oxygen atoms in total. The first-order chi connectivity index (χ1) is 8.63. The lowest BCUT2D eigenvalue weighted by molar-refractivity contribution is -0.0819. The molecule has 102 valence electrons. The van der Waals surface area contributed by atoms with E-state index in [1.165, 1.54) is 0 Å². The van der Waals surface area contributed by atoms with E-state index in [4.69, 9.17) is 14.9 Å². The maximum Gasteiger partial charge on any atom is 0.122 e.